The van der Waals surface area contributed by atoms with Gasteiger partial charge in [0.1, 0.15) is 12.0 Å². The lowest BCUT2D eigenvalue weighted by molar-refractivity contribution is 0.0862. The number of aliphatic hydroxyl groups excluding tert-OH is 1. The first-order valence-corrected chi connectivity index (χ1v) is 9.89. The standard InChI is InChI=1S/C20H24ClN5O3/c1-4-5-9-26(21)20(28)14-7-6-8-15(10-14)25-12-22-17(16(25)11-27)18-23-19(13(2)3)29-24-18/h6-8,10,12-13,27H,4-5,9,11H2,1-3H3. The van der Waals surface area contributed by atoms with Gasteiger partial charge in [-0.05, 0) is 24.6 Å². The molecule has 2 aromatic heterocycles. The van der Waals surface area contributed by atoms with Gasteiger partial charge in [0.25, 0.3) is 5.91 Å². The largest absolute Gasteiger partial charge is 0.390 e. The summed E-state index contributed by atoms with van der Waals surface area (Å²) in [4.78, 5) is 21.3. The van der Waals surface area contributed by atoms with Crippen LogP contribution < -0.4 is 0 Å². The zero-order chi connectivity index (χ0) is 21.0. The first-order valence-electron chi connectivity index (χ1n) is 9.55. The van der Waals surface area contributed by atoms with E-state index < -0.39 is 0 Å². The zero-order valence-electron chi connectivity index (χ0n) is 16.7. The summed E-state index contributed by atoms with van der Waals surface area (Å²) in [7, 11) is 0. The van der Waals surface area contributed by atoms with Gasteiger partial charge in [0, 0.05) is 35.5 Å². The Morgan fingerprint density at radius 3 is 2.83 bits per heavy atom. The van der Waals surface area contributed by atoms with Crippen LogP contribution in [0, 0.1) is 0 Å². The molecule has 3 rings (SSSR count). The van der Waals surface area contributed by atoms with Crippen molar-refractivity contribution in [3.05, 3.63) is 47.7 Å². The molecule has 0 aliphatic heterocycles. The van der Waals surface area contributed by atoms with Crippen LogP contribution in [-0.2, 0) is 6.61 Å². The van der Waals surface area contributed by atoms with Crippen molar-refractivity contribution in [2.45, 2.75) is 46.1 Å². The smallest absolute Gasteiger partial charge is 0.268 e. The first-order chi connectivity index (χ1) is 14.0. The number of halogens is 1. The minimum atomic E-state index is -0.281. The van der Waals surface area contributed by atoms with Crippen molar-refractivity contribution in [2.75, 3.05) is 6.54 Å². The number of unbranched alkanes of at least 4 members (excludes halogenated alkanes) is 1. The molecule has 1 aromatic carbocycles. The number of imidazole rings is 1. The lowest BCUT2D eigenvalue weighted by atomic mass is 10.1. The predicted octanol–water partition coefficient (Wildman–Crippen LogP) is 3.93. The molecule has 8 nitrogen and oxygen atoms in total. The number of carbonyl (C=O) groups is 1. The molecule has 0 saturated carbocycles. The summed E-state index contributed by atoms with van der Waals surface area (Å²) in [6, 6.07) is 7.00. The Morgan fingerprint density at radius 1 is 1.38 bits per heavy atom. The van der Waals surface area contributed by atoms with Crippen LogP contribution in [0.3, 0.4) is 0 Å². The summed E-state index contributed by atoms with van der Waals surface area (Å²) in [5.41, 5.74) is 2.06. The quantitative estimate of drug-likeness (QED) is 0.557. The van der Waals surface area contributed by atoms with Crippen molar-refractivity contribution in [1.29, 1.82) is 0 Å². The zero-order valence-corrected chi connectivity index (χ0v) is 17.4. The average Bonchev–Trinajstić information content (AvgIpc) is 3.38. The van der Waals surface area contributed by atoms with E-state index in [1.165, 1.54) is 4.42 Å². The van der Waals surface area contributed by atoms with Gasteiger partial charge in [-0.15, -0.1) is 0 Å². The molecule has 0 aliphatic carbocycles. The number of nitrogens with zero attached hydrogens (tertiary/aromatic N) is 5. The van der Waals surface area contributed by atoms with Crippen LogP contribution in [0.4, 0.5) is 0 Å². The fourth-order valence-electron chi connectivity index (χ4n) is 2.83. The summed E-state index contributed by atoms with van der Waals surface area (Å²) in [6.07, 6.45) is 3.34. The second-order valence-corrected chi connectivity index (χ2v) is 7.38. The molecular formula is C20H24ClN5O3. The van der Waals surface area contributed by atoms with Crippen molar-refractivity contribution in [3.63, 3.8) is 0 Å². The third kappa shape index (κ3) is 4.49. The molecule has 29 heavy (non-hydrogen) atoms. The molecule has 0 bridgehead atoms. The number of aromatic nitrogens is 4. The Kier molecular flexibility index (Phi) is 6.66. The maximum absolute atomic E-state index is 12.6. The van der Waals surface area contributed by atoms with E-state index in [9.17, 15) is 9.90 Å². The molecule has 0 radical (unpaired) electrons. The average molecular weight is 418 g/mol. The highest BCUT2D eigenvalue weighted by atomic mass is 35.5. The van der Waals surface area contributed by atoms with Crippen LogP contribution in [0.1, 0.15) is 61.5 Å². The van der Waals surface area contributed by atoms with Gasteiger partial charge in [0.2, 0.25) is 11.7 Å². The van der Waals surface area contributed by atoms with Gasteiger partial charge in [0.15, 0.2) is 0 Å². The molecule has 0 fully saturated rings. The van der Waals surface area contributed by atoms with Crippen LogP contribution in [0.2, 0.25) is 0 Å². The molecule has 0 spiro atoms. The van der Waals surface area contributed by atoms with Gasteiger partial charge in [0.05, 0.1) is 12.3 Å². The Hall–Kier alpha value is -2.71. The van der Waals surface area contributed by atoms with Crippen LogP contribution in [0.25, 0.3) is 17.2 Å². The van der Waals surface area contributed by atoms with E-state index in [0.29, 0.717) is 40.9 Å². The third-order valence-electron chi connectivity index (χ3n) is 4.46. The summed E-state index contributed by atoms with van der Waals surface area (Å²) in [5, 5.41) is 13.9. The van der Waals surface area contributed by atoms with E-state index in [1.807, 2.05) is 26.8 Å². The highest BCUT2D eigenvalue weighted by Crippen LogP contribution is 2.25. The molecule has 9 heteroatoms. The molecule has 0 aliphatic rings. The van der Waals surface area contributed by atoms with Crippen molar-refractivity contribution in [3.8, 4) is 17.2 Å². The number of amides is 1. The minimum absolute atomic E-state index is 0.0878. The van der Waals surface area contributed by atoms with Crippen LogP contribution in [0.5, 0.6) is 0 Å². The predicted molar refractivity (Wildman–Crippen MR) is 109 cm³/mol. The van der Waals surface area contributed by atoms with E-state index >= 15 is 0 Å². The highest BCUT2D eigenvalue weighted by molar-refractivity contribution is 6.24. The normalized spacial score (nSPS) is 11.2. The van der Waals surface area contributed by atoms with Crippen molar-refractivity contribution < 1.29 is 14.4 Å². The molecule has 0 unspecified atom stereocenters. The van der Waals surface area contributed by atoms with Crippen molar-refractivity contribution >= 4 is 17.7 Å². The minimum Gasteiger partial charge on any atom is -0.390 e. The molecule has 0 saturated heterocycles. The summed E-state index contributed by atoms with van der Waals surface area (Å²) in [6.45, 7) is 6.14. The van der Waals surface area contributed by atoms with E-state index in [-0.39, 0.29) is 18.4 Å². The van der Waals surface area contributed by atoms with E-state index in [1.54, 1.807) is 29.1 Å². The van der Waals surface area contributed by atoms with Crippen LogP contribution in [0.15, 0.2) is 35.1 Å². The first kappa shape index (κ1) is 21.0. The fraction of sp³-hybridized carbons (Fsp3) is 0.400. The van der Waals surface area contributed by atoms with Gasteiger partial charge in [-0.1, -0.05) is 38.4 Å². The van der Waals surface area contributed by atoms with Gasteiger partial charge in [-0.3, -0.25) is 9.21 Å². The maximum atomic E-state index is 12.6. The fourth-order valence-corrected chi connectivity index (χ4v) is 3.04. The Bertz CT molecular complexity index is 982. The number of hydrogen-bond acceptors (Lipinski definition) is 6. The lowest BCUT2D eigenvalue weighted by Gasteiger charge is -2.14. The Morgan fingerprint density at radius 2 is 2.17 bits per heavy atom. The Balaban J connectivity index is 1.93. The van der Waals surface area contributed by atoms with E-state index in [0.717, 1.165) is 12.8 Å². The van der Waals surface area contributed by atoms with Crippen molar-refractivity contribution in [1.82, 2.24) is 24.1 Å². The summed E-state index contributed by atoms with van der Waals surface area (Å²) < 4.78 is 8.14. The van der Waals surface area contributed by atoms with Crippen LogP contribution in [-0.4, -0.2) is 41.7 Å². The van der Waals surface area contributed by atoms with Gasteiger partial charge in [-0.2, -0.15) is 4.98 Å². The molecule has 1 N–H and O–H groups in total. The summed E-state index contributed by atoms with van der Waals surface area (Å²) in [5.74, 6) is 0.632. The monoisotopic (exact) mass is 417 g/mol. The number of benzene rings is 1. The SMILES string of the molecule is CCCCN(Cl)C(=O)c1cccc(-n2cnc(-c3noc(C(C)C)n3)c2CO)c1. The maximum Gasteiger partial charge on any atom is 0.268 e. The lowest BCUT2D eigenvalue weighted by Crippen LogP contribution is -2.22. The molecule has 3 aromatic rings. The number of aliphatic hydroxyl groups is 1. The number of rotatable bonds is 8. The molecule has 2 heterocycles. The Labute approximate surface area is 174 Å². The van der Waals surface area contributed by atoms with Gasteiger partial charge in [-0.25, -0.2) is 4.98 Å². The topological polar surface area (TPSA) is 97.3 Å². The number of hydrogen-bond donors (Lipinski definition) is 1. The van der Waals surface area contributed by atoms with E-state index in [4.69, 9.17) is 16.3 Å². The van der Waals surface area contributed by atoms with Gasteiger partial charge >= 0.3 is 0 Å². The molecular weight excluding hydrogens is 394 g/mol. The second kappa shape index (κ2) is 9.19. The molecule has 1 amide bonds. The van der Waals surface area contributed by atoms with Crippen molar-refractivity contribution in [2.24, 2.45) is 0 Å². The summed E-state index contributed by atoms with van der Waals surface area (Å²) >= 11 is 6.11. The third-order valence-corrected chi connectivity index (χ3v) is 4.79. The molecule has 0 atom stereocenters. The van der Waals surface area contributed by atoms with E-state index in [2.05, 4.69) is 15.1 Å². The van der Waals surface area contributed by atoms with Gasteiger partial charge < -0.3 is 14.2 Å². The second-order valence-electron chi connectivity index (χ2n) is 6.97. The highest BCUT2D eigenvalue weighted by Gasteiger charge is 2.20. The number of carbonyl (C=O) groups excluding carboxylic acids is 1. The van der Waals surface area contributed by atoms with Crippen LogP contribution >= 0.6 is 11.8 Å². The molecule has 154 valence electrons.